The van der Waals surface area contributed by atoms with Crippen molar-refractivity contribution in [3.05, 3.63) is 21.2 Å². The molecule has 1 atom stereocenters. The topological polar surface area (TPSA) is 41.5 Å². The van der Waals surface area contributed by atoms with Crippen LogP contribution in [0.25, 0.3) is 0 Å². The highest BCUT2D eigenvalue weighted by Crippen LogP contribution is 2.40. The van der Waals surface area contributed by atoms with Crippen LogP contribution in [0.3, 0.4) is 0 Å². The first-order valence-corrected chi connectivity index (χ1v) is 7.35. The van der Waals surface area contributed by atoms with E-state index >= 15 is 0 Å². The van der Waals surface area contributed by atoms with E-state index in [1.54, 1.807) is 7.11 Å². The van der Waals surface area contributed by atoms with Gasteiger partial charge in [0, 0.05) is 4.47 Å². The van der Waals surface area contributed by atoms with Crippen molar-refractivity contribution in [1.82, 2.24) is 0 Å². The molecule has 1 aromatic carbocycles. The molecule has 0 aliphatic heterocycles. The summed E-state index contributed by atoms with van der Waals surface area (Å²) in [6, 6.07) is 0.0154. The van der Waals surface area contributed by atoms with Crippen LogP contribution in [0.15, 0.2) is 4.47 Å². The zero-order chi connectivity index (χ0) is 14.7. The highest BCUT2D eigenvalue weighted by Gasteiger charge is 2.20. The molecule has 3 nitrogen and oxygen atoms in total. The second kappa shape index (κ2) is 6.62. The Morgan fingerprint density at radius 2 is 1.74 bits per heavy atom. The molecule has 2 N–H and O–H groups in total. The second-order valence-electron chi connectivity index (χ2n) is 5.27. The van der Waals surface area contributed by atoms with Gasteiger partial charge in [0.05, 0.1) is 25.4 Å². The van der Waals surface area contributed by atoms with Gasteiger partial charge in [-0.05, 0) is 43.4 Å². The molecule has 4 heteroatoms. The number of rotatable bonds is 5. The van der Waals surface area contributed by atoms with Crippen LogP contribution < -0.4 is 10.1 Å². The molecule has 0 bridgehead atoms. The molecule has 19 heavy (non-hydrogen) atoms. The average molecular weight is 330 g/mol. The summed E-state index contributed by atoms with van der Waals surface area (Å²) in [5, 5.41) is 12.9. The molecule has 0 heterocycles. The Hall–Kier alpha value is -0.740. The van der Waals surface area contributed by atoms with Crippen molar-refractivity contribution in [3.63, 3.8) is 0 Å². The predicted molar refractivity (Wildman–Crippen MR) is 84.2 cm³/mol. The number of halogens is 1. The Kier molecular flexibility index (Phi) is 5.68. The van der Waals surface area contributed by atoms with E-state index in [9.17, 15) is 5.11 Å². The second-order valence-corrected chi connectivity index (χ2v) is 6.07. The van der Waals surface area contributed by atoms with E-state index in [2.05, 4.69) is 48.9 Å². The van der Waals surface area contributed by atoms with Crippen LogP contribution in [-0.4, -0.2) is 24.9 Å². The number of benzene rings is 1. The van der Waals surface area contributed by atoms with Crippen molar-refractivity contribution in [2.24, 2.45) is 5.92 Å². The van der Waals surface area contributed by atoms with Crippen molar-refractivity contribution in [1.29, 1.82) is 0 Å². The summed E-state index contributed by atoms with van der Waals surface area (Å²) in [7, 11) is 1.68. The van der Waals surface area contributed by atoms with Crippen LogP contribution in [0, 0.1) is 26.7 Å². The van der Waals surface area contributed by atoms with Crippen LogP contribution >= 0.6 is 15.9 Å². The van der Waals surface area contributed by atoms with Gasteiger partial charge in [0.15, 0.2) is 0 Å². The summed E-state index contributed by atoms with van der Waals surface area (Å²) in [6.07, 6.45) is 0. The number of aliphatic hydroxyl groups is 1. The van der Waals surface area contributed by atoms with Gasteiger partial charge in [-0.15, -0.1) is 0 Å². The van der Waals surface area contributed by atoms with E-state index in [0.717, 1.165) is 27.0 Å². The molecule has 1 unspecified atom stereocenters. The summed E-state index contributed by atoms with van der Waals surface area (Å²) in [5.41, 5.74) is 4.37. The Labute approximate surface area is 124 Å². The summed E-state index contributed by atoms with van der Waals surface area (Å²) in [5.74, 6) is 1.20. The zero-order valence-corrected chi connectivity index (χ0v) is 14.2. The van der Waals surface area contributed by atoms with Crippen molar-refractivity contribution in [2.45, 2.75) is 40.7 Å². The fourth-order valence-electron chi connectivity index (χ4n) is 2.12. The van der Waals surface area contributed by atoms with Crippen LogP contribution in [0.1, 0.15) is 30.5 Å². The van der Waals surface area contributed by atoms with Crippen molar-refractivity contribution >= 4 is 21.6 Å². The normalized spacial score (nSPS) is 12.7. The van der Waals surface area contributed by atoms with Crippen molar-refractivity contribution < 1.29 is 9.84 Å². The fraction of sp³-hybridized carbons (Fsp3) is 0.600. The molecule has 0 saturated carbocycles. The molecule has 0 fully saturated rings. The summed E-state index contributed by atoms with van der Waals surface area (Å²) >= 11 is 3.63. The molecule has 0 spiro atoms. The number of methoxy groups -OCH3 is 1. The van der Waals surface area contributed by atoms with Gasteiger partial charge in [-0.1, -0.05) is 29.8 Å². The van der Waals surface area contributed by atoms with Gasteiger partial charge >= 0.3 is 0 Å². The van der Waals surface area contributed by atoms with E-state index in [-0.39, 0.29) is 12.6 Å². The average Bonchev–Trinajstić information content (AvgIpc) is 2.38. The summed E-state index contributed by atoms with van der Waals surface area (Å²) in [4.78, 5) is 0. The molecule has 108 valence electrons. The lowest BCUT2D eigenvalue weighted by Gasteiger charge is -2.26. The third-order valence-electron chi connectivity index (χ3n) is 3.70. The maximum atomic E-state index is 9.49. The molecule has 0 saturated heterocycles. The SMILES string of the molecule is COc1c(C)c(C)c(Br)c(C)c1NC(CO)C(C)C. The number of nitrogens with one attached hydrogen (secondary N) is 1. The smallest absolute Gasteiger partial charge is 0.145 e. The molecular weight excluding hydrogens is 306 g/mol. The van der Waals surface area contributed by atoms with Gasteiger partial charge in [0.25, 0.3) is 0 Å². The maximum Gasteiger partial charge on any atom is 0.145 e. The lowest BCUT2D eigenvalue weighted by molar-refractivity contribution is 0.249. The van der Waals surface area contributed by atoms with Crippen molar-refractivity contribution in [3.8, 4) is 5.75 Å². The molecule has 0 aliphatic carbocycles. The number of hydrogen-bond donors (Lipinski definition) is 2. The lowest BCUT2D eigenvalue weighted by Crippen LogP contribution is -2.30. The van der Waals surface area contributed by atoms with Crippen molar-refractivity contribution in [2.75, 3.05) is 19.0 Å². The minimum absolute atomic E-state index is 0.0154. The first-order chi connectivity index (χ1) is 8.84. The van der Waals surface area contributed by atoms with Gasteiger partial charge < -0.3 is 15.2 Å². The van der Waals surface area contributed by atoms with E-state index in [1.165, 1.54) is 5.56 Å². The summed E-state index contributed by atoms with van der Waals surface area (Å²) in [6.45, 7) is 10.5. The van der Waals surface area contributed by atoms with Crippen LogP contribution in [0.5, 0.6) is 5.75 Å². The van der Waals surface area contributed by atoms with Crippen LogP contribution in [0.4, 0.5) is 5.69 Å². The highest BCUT2D eigenvalue weighted by molar-refractivity contribution is 9.10. The van der Waals surface area contributed by atoms with Gasteiger partial charge in [0.2, 0.25) is 0 Å². The molecule has 1 aromatic rings. The highest BCUT2D eigenvalue weighted by atomic mass is 79.9. The summed E-state index contributed by atoms with van der Waals surface area (Å²) < 4.78 is 6.64. The third-order valence-corrected chi connectivity index (χ3v) is 4.89. The standard InChI is InChI=1S/C15H24BrNO2/c1-8(2)12(7-18)17-14-11(5)13(16)9(3)10(4)15(14)19-6/h8,12,17-18H,7H2,1-6H3. The largest absolute Gasteiger partial charge is 0.494 e. The van der Waals surface area contributed by atoms with Gasteiger partial charge in [0.1, 0.15) is 5.75 Å². The van der Waals surface area contributed by atoms with Gasteiger partial charge in [-0.25, -0.2) is 0 Å². The van der Waals surface area contributed by atoms with Gasteiger partial charge in [-0.3, -0.25) is 0 Å². The maximum absolute atomic E-state index is 9.49. The van der Waals surface area contributed by atoms with Crippen LogP contribution in [0.2, 0.25) is 0 Å². The number of ether oxygens (including phenoxy) is 1. The fourth-order valence-corrected chi connectivity index (χ4v) is 2.62. The monoisotopic (exact) mass is 329 g/mol. The molecular formula is C15H24BrNO2. The minimum atomic E-state index is 0.0154. The molecule has 1 rings (SSSR count). The van der Waals surface area contributed by atoms with E-state index < -0.39 is 0 Å². The first kappa shape index (κ1) is 16.3. The zero-order valence-electron chi connectivity index (χ0n) is 12.6. The molecule has 0 aromatic heterocycles. The van der Waals surface area contributed by atoms with Gasteiger partial charge in [-0.2, -0.15) is 0 Å². The Morgan fingerprint density at radius 1 is 1.16 bits per heavy atom. The minimum Gasteiger partial charge on any atom is -0.494 e. The third kappa shape index (κ3) is 3.23. The first-order valence-electron chi connectivity index (χ1n) is 6.55. The molecule has 0 aliphatic rings. The molecule has 0 amide bonds. The quantitative estimate of drug-likeness (QED) is 0.863. The van der Waals surface area contributed by atoms with E-state index in [1.807, 2.05) is 6.92 Å². The van der Waals surface area contributed by atoms with E-state index in [4.69, 9.17) is 4.74 Å². The number of hydrogen-bond acceptors (Lipinski definition) is 3. The molecule has 0 radical (unpaired) electrons. The van der Waals surface area contributed by atoms with E-state index in [0.29, 0.717) is 5.92 Å². The number of anilines is 1. The lowest BCUT2D eigenvalue weighted by atomic mass is 10.00. The predicted octanol–water partition coefficient (Wildman–Crippen LogP) is 3.81. The number of aliphatic hydroxyl groups excluding tert-OH is 1. The Bertz CT molecular complexity index is 458. The Morgan fingerprint density at radius 3 is 2.16 bits per heavy atom. The Balaban J connectivity index is 3.33. The van der Waals surface area contributed by atoms with Crippen LogP contribution in [-0.2, 0) is 0 Å².